The third-order valence-electron chi connectivity index (χ3n) is 3.80. The lowest BCUT2D eigenvalue weighted by Crippen LogP contribution is -2.42. The van der Waals surface area contributed by atoms with E-state index in [1.54, 1.807) is 11.3 Å². The van der Waals surface area contributed by atoms with E-state index in [0.717, 1.165) is 29.9 Å². The van der Waals surface area contributed by atoms with Crippen molar-refractivity contribution < 1.29 is 4.79 Å². The number of rotatable bonds is 3. The zero-order valence-electron chi connectivity index (χ0n) is 10.9. The fourth-order valence-electron chi connectivity index (χ4n) is 2.71. The largest absolute Gasteiger partial charge is 0.368 e. The SMILES string of the molecule is CC(C(N)=O)N1CCCC1c1nc2ccccc2s1. The summed E-state index contributed by atoms with van der Waals surface area (Å²) < 4.78 is 1.20. The molecule has 0 saturated carbocycles. The van der Waals surface area contributed by atoms with E-state index in [4.69, 9.17) is 10.7 Å². The van der Waals surface area contributed by atoms with Crippen molar-refractivity contribution in [3.8, 4) is 0 Å². The number of para-hydroxylation sites is 1. The molecule has 2 aromatic rings. The summed E-state index contributed by atoms with van der Waals surface area (Å²) in [5.41, 5.74) is 6.48. The summed E-state index contributed by atoms with van der Waals surface area (Å²) in [7, 11) is 0. The zero-order chi connectivity index (χ0) is 13.4. The van der Waals surface area contributed by atoms with Crippen LogP contribution < -0.4 is 5.73 Å². The van der Waals surface area contributed by atoms with Crippen molar-refractivity contribution in [3.05, 3.63) is 29.3 Å². The molecule has 4 nitrogen and oxygen atoms in total. The Hall–Kier alpha value is -1.46. The molecule has 1 aliphatic rings. The van der Waals surface area contributed by atoms with Gasteiger partial charge in [0.05, 0.1) is 22.3 Å². The van der Waals surface area contributed by atoms with Crippen molar-refractivity contribution in [1.29, 1.82) is 0 Å². The van der Waals surface area contributed by atoms with Gasteiger partial charge in [0.2, 0.25) is 5.91 Å². The molecule has 2 atom stereocenters. The highest BCUT2D eigenvalue weighted by Gasteiger charge is 2.33. The fraction of sp³-hybridized carbons (Fsp3) is 0.429. The van der Waals surface area contributed by atoms with Gasteiger partial charge in [0, 0.05) is 0 Å². The number of hydrogen-bond donors (Lipinski definition) is 1. The smallest absolute Gasteiger partial charge is 0.234 e. The van der Waals surface area contributed by atoms with E-state index in [0.29, 0.717) is 0 Å². The van der Waals surface area contributed by atoms with E-state index in [1.165, 1.54) is 4.70 Å². The van der Waals surface area contributed by atoms with E-state index < -0.39 is 0 Å². The number of amides is 1. The molecule has 19 heavy (non-hydrogen) atoms. The van der Waals surface area contributed by atoms with E-state index in [1.807, 2.05) is 25.1 Å². The molecule has 0 bridgehead atoms. The molecular formula is C14H17N3OS. The second-order valence-electron chi connectivity index (χ2n) is 4.99. The maximum absolute atomic E-state index is 11.4. The Kier molecular flexibility index (Phi) is 3.24. The van der Waals surface area contributed by atoms with Crippen LogP contribution >= 0.6 is 11.3 Å². The van der Waals surface area contributed by atoms with Crippen LogP contribution in [0.15, 0.2) is 24.3 Å². The van der Waals surface area contributed by atoms with Crippen molar-refractivity contribution in [3.63, 3.8) is 0 Å². The first-order valence-electron chi connectivity index (χ1n) is 6.57. The number of fused-ring (bicyclic) bond motifs is 1. The molecule has 1 aromatic heterocycles. The summed E-state index contributed by atoms with van der Waals surface area (Å²) in [4.78, 5) is 18.3. The number of nitrogens with two attached hydrogens (primary N) is 1. The van der Waals surface area contributed by atoms with Crippen LogP contribution in [0.1, 0.15) is 30.8 Å². The number of likely N-dealkylation sites (tertiary alicyclic amines) is 1. The summed E-state index contributed by atoms with van der Waals surface area (Å²) in [6.45, 7) is 2.80. The van der Waals surface area contributed by atoms with Gasteiger partial charge in [-0.1, -0.05) is 12.1 Å². The van der Waals surface area contributed by atoms with Crippen LogP contribution in [0, 0.1) is 0 Å². The van der Waals surface area contributed by atoms with Gasteiger partial charge in [0.1, 0.15) is 5.01 Å². The van der Waals surface area contributed by atoms with Gasteiger partial charge in [-0.05, 0) is 38.4 Å². The van der Waals surface area contributed by atoms with Crippen LogP contribution in [0.4, 0.5) is 0 Å². The van der Waals surface area contributed by atoms with Gasteiger partial charge in [-0.3, -0.25) is 9.69 Å². The number of thiazole rings is 1. The number of carbonyl (C=O) groups excluding carboxylic acids is 1. The molecular weight excluding hydrogens is 258 g/mol. The normalized spacial score (nSPS) is 21.8. The Labute approximate surface area is 116 Å². The quantitative estimate of drug-likeness (QED) is 0.935. The average molecular weight is 275 g/mol. The molecule has 2 unspecified atom stereocenters. The van der Waals surface area contributed by atoms with Gasteiger partial charge in [0.25, 0.3) is 0 Å². The molecule has 1 amide bonds. The highest BCUT2D eigenvalue weighted by molar-refractivity contribution is 7.18. The number of hydrogen-bond acceptors (Lipinski definition) is 4. The second-order valence-corrected chi connectivity index (χ2v) is 6.06. The van der Waals surface area contributed by atoms with E-state index in [-0.39, 0.29) is 18.0 Å². The van der Waals surface area contributed by atoms with Crippen LogP contribution in [0.2, 0.25) is 0 Å². The van der Waals surface area contributed by atoms with Gasteiger partial charge >= 0.3 is 0 Å². The lowest BCUT2D eigenvalue weighted by molar-refractivity contribution is -0.123. The first kappa shape index (κ1) is 12.6. The maximum atomic E-state index is 11.4. The van der Waals surface area contributed by atoms with Crippen LogP contribution in [-0.2, 0) is 4.79 Å². The molecule has 3 rings (SSSR count). The van der Waals surface area contributed by atoms with E-state index in [9.17, 15) is 4.79 Å². The van der Waals surface area contributed by atoms with Gasteiger partial charge in [-0.2, -0.15) is 0 Å². The second kappa shape index (κ2) is 4.90. The Morgan fingerprint density at radius 3 is 3.05 bits per heavy atom. The lowest BCUT2D eigenvalue weighted by Gasteiger charge is -2.27. The first-order chi connectivity index (χ1) is 9.16. The van der Waals surface area contributed by atoms with Crippen molar-refractivity contribution in [1.82, 2.24) is 9.88 Å². The summed E-state index contributed by atoms with van der Waals surface area (Å²) in [6, 6.07) is 8.17. The predicted molar refractivity (Wildman–Crippen MR) is 77.0 cm³/mol. The third-order valence-corrected chi connectivity index (χ3v) is 4.94. The zero-order valence-corrected chi connectivity index (χ0v) is 11.7. The molecule has 1 aromatic carbocycles. The van der Waals surface area contributed by atoms with Crippen molar-refractivity contribution in [2.75, 3.05) is 6.54 Å². The fourth-order valence-corrected chi connectivity index (χ4v) is 3.84. The number of carbonyl (C=O) groups is 1. The molecule has 100 valence electrons. The Morgan fingerprint density at radius 1 is 1.53 bits per heavy atom. The first-order valence-corrected chi connectivity index (χ1v) is 7.39. The number of nitrogens with zero attached hydrogens (tertiary/aromatic N) is 2. The molecule has 5 heteroatoms. The van der Waals surface area contributed by atoms with Gasteiger partial charge < -0.3 is 5.73 Å². The summed E-state index contributed by atoms with van der Waals surface area (Å²) in [5.74, 6) is -0.256. The number of aromatic nitrogens is 1. The van der Waals surface area contributed by atoms with Crippen LogP contribution in [-0.4, -0.2) is 28.4 Å². The van der Waals surface area contributed by atoms with E-state index in [2.05, 4.69) is 11.0 Å². The van der Waals surface area contributed by atoms with Gasteiger partial charge in [-0.25, -0.2) is 4.98 Å². The monoisotopic (exact) mass is 275 g/mol. The lowest BCUT2D eigenvalue weighted by atomic mass is 10.2. The molecule has 1 aliphatic heterocycles. The van der Waals surface area contributed by atoms with Crippen molar-refractivity contribution in [2.24, 2.45) is 5.73 Å². The molecule has 0 aliphatic carbocycles. The molecule has 2 N–H and O–H groups in total. The topological polar surface area (TPSA) is 59.2 Å². The van der Waals surface area contributed by atoms with Crippen molar-refractivity contribution >= 4 is 27.5 Å². The van der Waals surface area contributed by atoms with Gasteiger partial charge in [0.15, 0.2) is 0 Å². The van der Waals surface area contributed by atoms with Gasteiger partial charge in [-0.15, -0.1) is 11.3 Å². The minimum atomic E-state index is -0.256. The molecule has 1 saturated heterocycles. The Bertz CT molecular complexity index is 577. The highest BCUT2D eigenvalue weighted by Crippen LogP contribution is 2.37. The Balaban J connectivity index is 1.93. The molecule has 1 fully saturated rings. The summed E-state index contributed by atoms with van der Waals surface area (Å²) in [5, 5.41) is 1.10. The molecule has 2 heterocycles. The number of benzene rings is 1. The Morgan fingerprint density at radius 2 is 2.32 bits per heavy atom. The summed E-state index contributed by atoms with van der Waals surface area (Å²) in [6.07, 6.45) is 2.15. The standard InChI is InChI=1S/C14H17N3OS/c1-9(13(15)18)17-8-4-6-11(17)14-16-10-5-2-3-7-12(10)19-14/h2-3,5,7,9,11H,4,6,8H2,1H3,(H2,15,18). The molecule has 0 radical (unpaired) electrons. The van der Waals surface area contributed by atoms with Crippen molar-refractivity contribution in [2.45, 2.75) is 31.8 Å². The highest BCUT2D eigenvalue weighted by atomic mass is 32.1. The predicted octanol–water partition coefficient (Wildman–Crippen LogP) is 2.31. The third kappa shape index (κ3) is 2.24. The summed E-state index contributed by atoms with van der Waals surface area (Å²) >= 11 is 1.72. The average Bonchev–Trinajstić information content (AvgIpc) is 3.03. The van der Waals surface area contributed by atoms with Crippen LogP contribution in [0.25, 0.3) is 10.2 Å². The van der Waals surface area contributed by atoms with E-state index >= 15 is 0 Å². The minimum absolute atomic E-state index is 0.223. The van der Waals surface area contributed by atoms with Crippen LogP contribution in [0.5, 0.6) is 0 Å². The maximum Gasteiger partial charge on any atom is 0.234 e. The number of primary amides is 1. The van der Waals surface area contributed by atoms with Crippen LogP contribution in [0.3, 0.4) is 0 Å². The minimum Gasteiger partial charge on any atom is -0.368 e. The molecule has 0 spiro atoms.